The lowest BCUT2D eigenvalue weighted by Gasteiger charge is -2.39. The molecular formula is C14H26ClN. The highest BCUT2D eigenvalue weighted by atomic mass is 35.5. The van der Waals surface area contributed by atoms with E-state index in [-0.39, 0.29) is 0 Å². The van der Waals surface area contributed by atoms with E-state index in [9.17, 15) is 0 Å². The van der Waals surface area contributed by atoms with Gasteiger partial charge in [-0.2, -0.15) is 0 Å². The van der Waals surface area contributed by atoms with E-state index in [4.69, 9.17) is 11.6 Å². The Labute approximate surface area is 106 Å². The van der Waals surface area contributed by atoms with Crippen LogP contribution in [0, 0.1) is 11.8 Å². The van der Waals surface area contributed by atoms with Crippen molar-refractivity contribution in [3.05, 3.63) is 0 Å². The molecule has 0 bridgehead atoms. The van der Waals surface area contributed by atoms with Crippen LogP contribution in [0.5, 0.6) is 0 Å². The number of rotatable bonds is 2. The molecule has 1 aliphatic carbocycles. The van der Waals surface area contributed by atoms with Crippen molar-refractivity contribution in [2.75, 3.05) is 13.1 Å². The highest BCUT2D eigenvalue weighted by molar-refractivity contribution is 6.20. The summed E-state index contributed by atoms with van der Waals surface area (Å²) in [5.74, 6) is 1.80. The van der Waals surface area contributed by atoms with Crippen LogP contribution < -0.4 is 0 Å². The number of alkyl halides is 1. The Hall–Kier alpha value is 0.250. The van der Waals surface area contributed by atoms with Crippen LogP contribution in [0.15, 0.2) is 0 Å². The molecule has 16 heavy (non-hydrogen) atoms. The average molecular weight is 244 g/mol. The number of piperidine rings is 1. The van der Waals surface area contributed by atoms with Gasteiger partial charge in [-0.25, -0.2) is 0 Å². The molecular weight excluding hydrogens is 218 g/mol. The molecule has 0 aromatic heterocycles. The smallest absolute Gasteiger partial charge is 0.0339 e. The molecule has 0 radical (unpaired) electrons. The van der Waals surface area contributed by atoms with Crippen molar-refractivity contribution in [2.45, 2.75) is 63.8 Å². The first kappa shape index (κ1) is 12.7. The summed E-state index contributed by atoms with van der Waals surface area (Å²) < 4.78 is 0. The Morgan fingerprint density at radius 3 is 2.62 bits per heavy atom. The van der Waals surface area contributed by atoms with Crippen LogP contribution in [-0.4, -0.2) is 29.4 Å². The minimum absolute atomic E-state index is 0.456. The van der Waals surface area contributed by atoms with Gasteiger partial charge in [0.1, 0.15) is 0 Å². The molecule has 4 unspecified atom stereocenters. The maximum atomic E-state index is 6.27. The Morgan fingerprint density at radius 1 is 1.12 bits per heavy atom. The minimum atomic E-state index is 0.456. The lowest BCUT2D eigenvalue weighted by molar-refractivity contribution is 0.100. The Kier molecular flexibility index (Phi) is 4.55. The fraction of sp³-hybridized carbons (Fsp3) is 1.00. The fourth-order valence-electron chi connectivity index (χ4n) is 3.45. The molecule has 2 fully saturated rings. The number of likely N-dealkylation sites (tertiary alicyclic amines) is 1. The SMILES string of the molecule is CC1CCN(CC2CCCC(Cl)C2)C(C)C1. The van der Waals surface area contributed by atoms with Gasteiger partial charge in [0, 0.05) is 18.0 Å². The molecule has 0 aromatic carbocycles. The standard InChI is InChI=1S/C14H26ClN/c1-11-6-7-16(12(2)8-11)10-13-4-3-5-14(15)9-13/h11-14H,3-10H2,1-2H3. The van der Waals surface area contributed by atoms with E-state index in [2.05, 4.69) is 18.7 Å². The third kappa shape index (κ3) is 3.37. The first-order valence-electron chi connectivity index (χ1n) is 7.03. The summed E-state index contributed by atoms with van der Waals surface area (Å²) in [6.45, 7) is 7.41. The molecule has 1 saturated heterocycles. The Balaban J connectivity index is 1.80. The molecule has 0 N–H and O–H groups in total. The van der Waals surface area contributed by atoms with Gasteiger partial charge in [-0.05, 0) is 57.4 Å². The second-order valence-electron chi connectivity index (χ2n) is 6.10. The first-order chi connectivity index (χ1) is 7.65. The Morgan fingerprint density at radius 2 is 1.94 bits per heavy atom. The van der Waals surface area contributed by atoms with E-state index < -0.39 is 0 Å². The minimum Gasteiger partial charge on any atom is -0.300 e. The van der Waals surface area contributed by atoms with Gasteiger partial charge in [-0.15, -0.1) is 11.6 Å². The normalized spacial score (nSPS) is 42.2. The molecule has 2 aliphatic rings. The van der Waals surface area contributed by atoms with Crippen molar-refractivity contribution in [3.8, 4) is 0 Å². The van der Waals surface area contributed by atoms with Crippen molar-refractivity contribution in [1.82, 2.24) is 4.90 Å². The van der Waals surface area contributed by atoms with E-state index in [1.807, 2.05) is 0 Å². The van der Waals surface area contributed by atoms with Crippen molar-refractivity contribution in [3.63, 3.8) is 0 Å². The van der Waals surface area contributed by atoms with Crippen LogP contribution in [0.25, 0.3) is 0 Å². The highest BCUT2D eigenvalue weighted by Gasteiger charge is 2.27. The number of hydrogen-bond acceptors (Lipinski definition) is 1. The van der Waals surface area contributed by atoms with E-state index in [0.29, 0.717) is 5.38 Å². The van der Waals surface area contributed by atoms with Gasteiger partial charge >= 0.3 is 0 Å². The third-order valence-electron chi connectivity index (χ3n) is 4.49. The Bertz CT molecular complexity index is 219. The number of halogens is 1. The van der Waals surface area contributed by atoms with Gasteiger partial charge in [0.25, 0.3) is 0 Å². The monoisotopic (exact) mass is 243 g/mol. The molecule has 1 nitrogen and oxygen atoms in total. The van der Waals surface area contributed by atoms with Crippen LogP contribution in [0.1, 0.15) is 52.4 Å². The highest BCUT2D eigenvalue weighted by Crippen LogP contribution is 2.30. The van der Waals surface area contributed by atoms with E-state index in [0.717, 1.165) is 17.9 Å². The maximum absolute atomic E-state index is 6.27. The third-order valence-corrected chi connectivity index (χ3v) is 4.88. The van der Waals surface area contributed by atoms with E-state index in [1.165, 1.54) is 51.6 Å². The van der Waals surface area contributed by atoms with E-state index in [1.54, 1.807) is 0 Å². The summed E-state index contributed by atoms with van der Waals surface area (Å²) >= 11 is 6.27. The van der Waals surface area contributed by atoms with Gasteiger partial charge in [-0.3, -0.25) is 0 Å². The number of nitrogens with zero attached hydrogens (tertiary/aromatic N) is 1. The van der Waals surface area contributed by atoms with Gasteiger partial charge < -0.3 is 4.90 Å². The second kappa shape index (κ2) is 5.73. The first-order valence-corrected chi connectivity index (χ1v) is 7.47. The number of hydrogen-bond donors (Lipinski definition) is 0. The zero-order valence-electron chi connectivity index (χ0n) is 10.8. The molecule has 4 atom stereocenters. The van der Waals surface area contributed by atoms with Gasteiger partial charge in [0.15, 0.2) is 0 Å². The quantitative estimate of drug-likeness (QED) is 0.665. The zero-order chi connectivity index (χ0) is 11.5. The summed E-state index contributed by atoms with van der Waals surface area (Å²) in [5.41, 5.74) is 0. The van der Waals surface area contributed by atoms with Gasteiger partial charge in [0.05, 0.1) is 0 Å². The van der Waals surface area contributed by atoms with Crippen LogP contribution in [0.4, 0.5) is 0 Å². The van der Waals surface area contributed by atoms with Crippen molar-refractivity contribution in [2.24, 2.45) is 11.8 Å². The lowest BCUT2D eigenvalue weighted by atomic mass is 9.86. The predicted octanol–water partition coefficient (Wildman–Crippen LogP) is 3.90. The largest absolute Gasteiger partial charge is 0.300 e. The molecule has 1 aliphatic heterocycles. The van der Waals surface area contributed by atoms with Crippen LogP contribution in [0.3, 0.4) is 0 Å². The summed E-state index contributed by atoms with van der Waals surface area (Å²) in [7, 11) is 0. The molecule has 0 amide bonds. The molecule has 94 valence electrons. The van der Waals surface area contributed by atoms with E-state index >= 15 is 0 Å². The molecule has 0 aromatic rings. The molecule has 2 heteroatoms. The predicted molar refractivity (Wildman–Crippen MR) is 71.0 cm³/mol. The summed E-state index contributed by atoms with van der Waals surface area (Å²) in [5, 5.41) is 0.456. The van der Waals surface area contributed by atoms with Gasteiger partial charge in [0.2, 0.25) is 0 Å². The van der Waals surface area contributed by atoms with Crippen molar-refractivity contribution >= 4 is 11.6 Å². The molecule has 0 spiro atoms. The molecule has 2 rings (SSSR count). The van der Waals surface area contributed by atoms with Crippen molar-refractivity contribution in [1.29, 1.82) is 0 Å². The van der Waals surface area contributed by atoms with Crippen LogP contribution in [-0.2, 0) is 0 Å². The zero-order valence-corrected chi connectivity index (χ0v) is 11.5. The van der Waals surface area contributed by atoms with Crippen LogP contribution >= 0.6 is 11.6 Å². The summed E-state index contributed by atoms with van der Waals surface area (Å²) in [4.78, 5) is 2.71. The molecule has 1 saturated carbocycles. The lowest BCUT2D eigenvalue weighted by Crippen LogP contribution is -2.43. The maximum Gasteiger partial charge on any atom is 0.0339 e. The summed E-state index contributed by atoms with van der Waals surface area (Å²) in [6, 6.07) is 0.791. The topological polar surface area (TPSA) is 3.24 Å². The van der Waals surface area contributed by atoms with Gasteiger partial charge in [-0.1, -0.05) is 13.3 Å². The second-order valence-corrected chi connectivity index (χ2v) is 6.72. The fourth-order valence-corrected chi connectivity index (χ4v) is 3.86. The molecule has 1 heterocycles. The van der Waals surface area contributed by atoms with Crippen LogP contribution in [0.2, 0.25) is 0 Å². The van der Waals surface area contributed by atoms with Crippen molar-refractivity contribution < 1.29 is 0 Å². The summed E-state index contributed by atoms with van der Waals surface area (Å²) in [6.07, 6.45) is 8.02. The average Bonchev–Trinajstić information content (AvgIpc) is 2.22.